The van der Waals surface area contributed by atoms with Crippen LogP contribution in [0.15, 0.2) is 85.1 Å². The number of carbonyl (C=O) groups is 4. The Morgan fingerprint density at radius 2 is 0.844 bits per heavy atom. The highest BCUT2D eigenvalue weighted by Gasteiger charge is 2.50. The van der Waals surface area contributed by atoms with Crippen molar-refractivity contribution in [2.24, 2.45) is 0 Å². The first-order valence-electron chi connectivity index (χ1n) is 30.6. The maximum absolute atomic E-state index is 13.1. The summed E-state index contributed by atoms with van der Waals surface area (Å²) in [4.78, 5) is 51.2. The molecule has 0 aromatic carbocycles. The second kappa shape index (κ2) is 52.6. The average Bonchev–Trinajstić information content (AvgIpc) is 3.42. The summed E-state index contributed by atoms with van der Waals surface area (Å²) in [5.74, 6) is -3.17. The number of carboxylic acids is 1. The fraction of sp³-hybridized carbons (Fsp3) is 0.723. The van der Waals surface area contributed by atoms with Gasteiger partial charge in [-0.2, -0.15) is 0 Å². The van der Waals surface area contributed by atoms with E-state index < -0.39 is 67.3 Å². The molecule has 77 heavy (non-hydrogen) atoms. The van der Waals surface area contributed by atoms with Crippen LogP contribution in [0.25, 0.3) is 0 Å². The number of carbonyl (C=O) groups excluding carboxylic acids is 3. The minimum atomic E-state index is -1.91. The van der Waals surface area contributed by atoms with Crippen LogP contribution in [0, 0.1) is 0 Å². The third-order valence-corrected chi connectivity index (χ3v) is 13.4. The van der Waals surface area contributed by atoms with Gasteiger partial charge in [-0.3, -0.25) is 14.4 Å². The molecule has 12 nitrogen and oxygen atoms in total. The van der Waals surface area contributed by atoms with Gasteiger partial charge in [-0.25, -0.2) is 4.79 Å². The number of carboxylic acid groups (broad SMARTS) is 1. The smallest absolute Gasteiger partial charge is 0.335 e. The molecule has 1 heterocycles. The normalized spacial score (nSPS) is 18.6. The molecule has 0 radical (unpaired) electrons. The van der Waals surface area contributed by atoms with Crippen molar-refractivity contribution < 1.29 is 58.2 Å². The van der Waals surface area contributed by atoms with Crippen LogP contribution >= 0.6 is 0 Å². The van der Waals surface area contributed by atoms with Crippen LogP contribution in [0.5, 0.6) is 0 Å². The Morgan fingerprint density at radius 1 is 0.442 bits per heavy atom. The minimum absolute atomic E-state index is 0.0451. The number of rotatable bonds is 51. The molecular weight excluding hydrogens is 973 g/mol. The Labute approximate surface area is 467 Å². The van der Waals surface area contributed by atoms with Crippen LogP contribution in [0.2, 0.25) is 0 Å². The number of hydrogen-bond donors (Lipinski definition) is 3. The Kier molecular flexibility index (Phi) is 48.4. The van der Waals surface area contributed by atoms with Crippen molar-refractivity contribution in [2.75, 3.05) is 13.2 Å². The molecule has 1 fully saturated rings. The first-order chi connectivity index (χ1) is 37.6. The van der Waals surface area contributed by atoms with Crippen molar-refractivity contribution >= 4 is 23.9 Å². The van der Waals surface area contributed by atoms with Gasteiger partial charge in [-0.1, -0.05) is 209 Å². The second-order valence-electron chi connectivity index (χ2n) is 20.6. The molecule has 0 saturated carbocycles. The van der Waals surface area contributed by atoms with Crippen LogP contribution in [0.1, 0.15) is 252 Å². The van der Waals surface area contributed by atoms with Gasteiger partial charge in [0.2, 0.25) is 0 Å². The molecule has 3 N–H and O–H groups in total. The molecule has 1 aliphatic rings. The molecule has 6 atom stereocenters. The predicted molar refractivity (Wildman–Crippen MR) is 312 cm³/mol. The number of aliphatic hydroxyl groups is 2. The summed E-state index contributed by atoms with van der Waals surface area (Å²) < 4.78 is 28.4. The van der Waals surface area contributed by atoms with Crippen molar-refractivity contribution in [1.29, 1.82) is 0 Å². The number of aliphatic carboxylic acids is 1. The quantitative estimate of drug-likeness (QED) is 0.0228. The van der Waals surface area contributed by atoms with Gasteiger partial charge < -0.3 is 39.0 Å². The second-order valence-corrected chi connectivity index (χ2v) is 20.6. The van der Waals surface area contributed by atoms with Crippen molar-refractivity contribution in [2.45, 2.75) is 289 Å². The molecule has 0 aliphatic carbocycles. The highest BCUT2D eigenvalue weighted by atomic mass is 16.7. The molecule has 1 aliphatic heterocycles. The van der Waals surface area contributed by atoms with Gasteiger partial charge in [0.05, 0.1) is 6.61 Å². The number of esters is 3. The fourth-order valence-electron chi connectivity index (χ4n) is 8.74. The molecule has 0 spiro atoms. The molecule has 1 saturated heterocycles. The molecule has 440 valence electrons. The third-order valence-electron chi connectivity index (χ3n) is 13.4. The van der Waals surface area contributed by atoms with E-state index in [1.807, 2.05) is 0 Å². The van der Waals surface area contributed by atoms with Crippen molar-refractivity contribution in [3.8, 4) is 0 Å². The largest absolute Gasteiger partial charge is 0.479 e. The molecule has 0 bridgehead atoms. The van der Waals surface area contributed by atoms with E-state index >= 15 is 0 Å². The summed E-state index contributed by atoms with van der Waals surface area (Å²) >= 11 is 0. The Morgan fingerprint density at radius 3 is 1.31 bits per heavy atom. The molecule has 6 unspecified atom stereocenters. The van der Waals surface area contributed by atoms with Gasteiger partial charge in [0.25, 0.3) is 0 Å². The van der Waals surface area contributed by atoms with E-state index in [1.54, 1.807) is 0 Å². The third kappa shape index (κ3) is 42.5. The van der Waals surface area contributed by atoms with E-state index in [1.165, 1.54) is 38.5 Å². The van der Waals surface area contributed by atoms with Gasteiger partial charge in [-0.05, 0) is 109 Å². The summed E-state index contributed by atoms with van der Waals surface area (Å²) in [6.07, 6.45) is 55.4. The van der Waals surface area contributed by atoms with Gasteiger partial charge in [-0.15, -0.1) is 0 Å². The number of allylic oxidation sites excluding steroid dienone is 14. The first-order valence-corrected chi connectivity index (χ1v) is 30.6. The van der Waals surface area contributed by atoms with Gasteiger partial charge >= 0.3 is 23.9 Å². The first kappa shape index (κ1) is 70.9. The lowest BCUT2D eigenvalue weighted by Gasteiger charge is -2.40. The summed E-state index contributed by atoms with van der Waals surface area (Å²) in [5, 5.41) is 31.5. The summed E-state index contributed by atoms with van der Waals surface area (Å²) in [7, 11) is 0. The van der Waals surface area contributed by atoms with Crippen LogP contribution < -0.4 is 0 Å². The number of aliphatic hydroxyl groups excluding tert-OH is 2. The Balaban J connectivity index is 2.69. The standard InChI is InChI=1S/C65H108O12/c1-4-7-10-13-16-19-22-25-27-28-29-30-32-34-36-39-42-45-48-51-57(66)73-54-56(75-58(67)52-49-46-43-40-37-33-24-21-18-15-12-9-6-3)55-74-65-63(61(70)60(69)62(77-65)64(71)72)76-59(68)53-50-47-44-41-38-35-31-26-23-20-17-14-11-8-5-2/h7,10,12,15-16,19,21,24-27,29-31,56,60-63,65,69-70H,4-6,8-9,11,13-14,17-18,20,22-23,28,32-55H2,1-3H3,(H,71,72)/b10-7-,15-12-,19-16-,24-21-,27-25-,30-29-,31-26-. The van der Waals surface area contributed by atoms with Gasteiger partial charge in [0, 0.05) is 19.3 Å². The lowest BCUT2D eigenvalue weighted by atomic mass is 9.98. The van der Waals surface area contributed by atoms with E-state index in [0.717, 1.165) is 154 Å². The molecule has 0 amide bonds. The zero-order valence-electron chi connectivity index (χ0n) is 48.4. The minimum Gasteiger partial charge on any atom is -0.479 e. The van der Waals surface area contributed by atoms with Crippen molar-refractivity contribution in [3.05, 3.63) is 85.1 Å². The Bertz CT molecular complexity index is 1660. The molecular formula is C65H108O12. The van der Waals surface area contributed by atoms with E-state index in [0.29, 0.717) is 19.3 Å². The van der Waals surface area contributed by atoms with E-state index in [9.17, 15) is 34.5 Å². The lowest BCUT2D eigenvalue weighted by Crippen LogP contribution is -2.61. The van der Waals surface area contributed by atoms with Crippen LogP contribution in [0.4, 0.5) is 0 Å². The average molecular weight is 1080 g/mol. The number of ether oxygens (including phenoxy) is 5. The summed E-state index contributed by atoms with van der Waals surface area (Å²) in [5.41, 5.74) is 0. The summed E-state index contributed by atoms with van der Waals surface area (Å²) in [6, 6.07) is 0. The SMILES string of the molecule is CC/C=C\C/C=C\C/C=C\C/C=C\CCCCCCCCC(=O)OCC(COC1OC(C(=O)O)C(O)C(O)C1OC(=O)CCCCCCC/C=C\CCCCCCCC)OC(=O)CCCCCCC/C=C\C/C=C\CCC. The monoisotopic (exact) mass is 1080 g/mol. The van der Waals surface area contributed by atoms with E-state index in [2.05, 4.69) is 106 Å². The van der Waals surface area contributed by atoms with E-state index in [-0.39, 0.29) is 25.9 Å². The molecule has 1 rings (SSSR count). The van der Waals surface area contributed by atoms with Crippen LogP contribution in [-0.4, -0.2) is 89.2 Å². The Hall–Kier alpha value is -4.10. The van der Waals surface area contributed by atoms with Crippen molar-refractivity contribution in [3.63, 3.8) is 0 Å². The van der Waals surface area contributed by atoms with Gasteiger partial charge in [0.15, 0.2) is 24.6 Å². The predicted octanol–water partition coefficient (Wildman–Crippen LogP) is 15.9. The molecule has 0 aromatic rings. The fourth-order valence-corrected chi connectivity index (χ4v) is 8.74. The number of unbranched alkanes of at least 4 members (excludes halogenated alkanes) is 23. The molecule has 12 heteroatoms. The van der Waals surface area contributed by atoms with E-state index in [4.69, 9.17) is 23.7 Å². The zero-order valence-corrected chi connectivity index (χ0v) is 48.4. The van der Waals surface area contributed by atoms with Crippen LogP contribution in [0.3, 0.4) is 0 Å². The lowest BCUT2D eigenvalue weighted by molar-refractivity contribution is -0.301. The van der Waals surface area contributed by atoms with Gasteiger partial charge in [0.1, 0.15) is 18.8 Å². The highest BCUT2D eigenvalue weighted by Crippen LogP contribution is 2.26. The maximum Gasteiger partial charge on any atom is 0.335 e. The maximum atomic E-state index is 13.1. The summed E-state index contributed by atoms with van der Waals surface area (Å²) in [6.45, 7) is 5.79. The molecule has 0 aromatic heterocycles. The van der Waals surface area contributed by atoms with Crippen molar-refractivity contribution in [1.82, 2.24) is 0 Å². The number of hydrogen-bond acceptors (Lipinski definition) is 11. The van der Waals surface area contributed by atoms with Crippen LogP contribution in [-0.2, 0) is 42.9 Å². The topological polar surface area (TPSA) is 175 Å². The highest BCUT2D eigenvalue weighted by molar-refractivity contribution is 5.74. The zero-order chi connectivity index (χ0) is 56.1.